The number of hydrogen-bond acceptors (Lipinski definition) is 7. The number of fused-ring (bicyclic) bond motifs is 2. The highest BCUT2D eigenvalue weighted by Crippen LogP contribution is 2.79. The summed E-state index contributed by atoms with van der Waals surface area (Å²) in [6.07, 6.45) is 3.27. The number of rotatable bonds is 5. The van der Waals surface area contributed by atoms with E-state index in [2.05, 4.69) is 11.8 Å². The van der Waals surface area contributed by atoms with Gasteiger partial charge in [0.25, 0.3) is 0 Å². The van der Waals surface area contributed by atoms with Crippen molar-refractivity contribution in [2.75, 3.05) is 33.9 Å². The molecule has 7 bridgehead atoms. The zero-order valence-corrected chi connectivity index (χ0v) is 19.8. The third-order valence-electron chi connectivity index (χ3n) is 11.2. The second kappa shape index (κ2) is 6.91. The van der Waals surface area contributed by atoms with E-state index in [-0.39, 0.29) is 58.7 Å². The SMILES string of the molecule is CCN1C[C@]2(COC)CC[C@H](O)C34C1C(C[C@@H]32)[C@@]1(O)C[C@H](OC)[C@H]2C[C@@H]4[C@@H]1[C@H]2OC(C)=O. The van der Waals surface area contributed by atoms with Crippen molar-refractivity contribution in [1.82, 2.24) is 4.90 Å². The monoisotopic (exact) mass is 449 g/mol. The summed E-state index contributed by atoms with van der Waals surface area (Å²) in [4.78, 5) is 14.7. The third-order valence-corrected chi connectivity index (χ3v) is 11.2. The van der Waals surface area contributed by atoms with Crippen LogP contribution >= 0.6 is 0 Å². The first-order chi connectivity index (χ1) is 15.3. The van der Waals surface area contributed by atoms with Crippen molar-refractivity contribution in [1.29, 1.82) is 0 Å². The summed E-state index contributed by atoms with van der Waals surface area (Å²) >= 11 is 0. The molecule has 6 rings (SSSR count). The van der Waals surface area contributed by atoms with Gasteiger partial charge in [-0.3, -0.25) is 9.69 Å². The predicted octanol–water partition coefficient (Wildman–Crippen LogP) is 1.45. The van der Waals surface area contributed by atoms with E-state index in [1.807, 2.05) is 0 Å². The Balaban J connectivity index is 1.56. The van der Waals surface area contributed by atoms with E-state index in [1.54, 1.807) is 14.2 Å². The molecular formula is C25H39NO6. The van der Waals surface area contributed by atoms with Gasteiger partial charge in [-0.2, -0.15) is 0 Å². The van der Waals surface area contributed by atoms with Crippen molar-refractivity contribution < 1.29 is 29.2 Å². The standard InChI is InChI=1S/C25H39NO6/c1-5-26-11-23(12-30-3)7-6-19(28)25-15-8-14-17(31-4)10-24(29,16(22(25)26)9-18(23)25)20(15)21(14)32-13(2)27/h14-22,28-29H,5-12H2,1-4H3/t14-,15-,16?,17+,18-,19+,20-,21+,22?,23+,24+,25?/m1/s1. The first-order valence-electron chi connectivity index (χ1n) is 12.6. The minimum absolute atomic E-state index is 0.0138. The maximum Gasteiger partial charge on any atom is 0.302 e. The van der Waals surface area contributed by atoms with Crippen LogP contribution in [0.5, 0.6) is 0 Å². The Morgan fingerprint density at radius 3 is 2.66 bits per heavy atom. The highest BCUT2D eigenvalue weighted by molar-refractivity contribution is 5.66. The molecule has 180 valence electrons. The fraction of sp³-hybridized carbons (Fsp3) is 0.960. The molecule has 5 aliphatic carbocycles. The van der Waals surface area contributed by atoms with Gasteiger partial charge in [0.05, 0.1) is 24.4 Å². The number of ether oxygens (including phenoxy) is 3. The Morgan fingerprint density at radius 2 is 2.00 bits per heavy atom. The Kier molecular flexibility index (Phi) is 4.70. The molecule has 0 aromatic heterocycles. The lowest BCUT2D eigenvalue weighted by Crippen LogP contribution is -2.76. The molecule has 5 saturated carbocycles. The smallest absolute Gasteiger partial charge is 0.302 e. The van der Waals surface area contributed by atoms with Crippen LogP contribution in [0.25, 0.3) is 0 Å². The average molecular weight is 450 g/mol. The first-order valence-corrected chi connectivity index (χ1v) is 12.6. The number of hydrogen-bond donors (Lipinski definition) is 2. The van der Waals surface area contributed by atoms with E-state index >= 15 is 0 Å². The van der Waals surface area contributed by atoms with Gasteiger partial charge in [0, 0.05) is 68.7 Å². The fourth-order valence-corrected chi connectivity index (χ4v) is 10.7. The van der Waals surface area contributed by atoms with Crippen molar-refractivity contribution in [3.63, 3.8) is 0 Å². The largest absolute Gasteiger partial charge is 0.462 e. The molecule has 1 spiro atoms. The molecule has 7 nitrogen and oxygen atoms in total. The number of carbonyl (C=O) groups is 1. The lowest BCUT2D eigenvalue weighted by atomic mass is 9.43. The Bertz CT molecular complexity index is 807. The van der Waals surface area contributed by atoms with Gasteiger partial charge in [-0.05, 0) is 44.1 Å². The number of carbonyl (C=O) groups excluding carboxylic acids is 1. The average Bonchev–Trinajstić information content (AvgIpc) is 3.20. The number of likely N-dealkylation sites (tertiary alicyclic amines) is 1. The maximum atomic E-state index is 12.5. The zero-order valence-electron chi connectivity index (χ0n) is 19.8. The summed E-state index contributed by atoms with van der Waals surface area (Å²) in [6, 6.07) is 0.163. The van der Waals surface area contributed by atoms with Gasteiger partial charge in [0.15, 0.2) is 0 Å². The summed E-state index contributed by atoms with van der Waals surface area (Å²) in [5, 5.41) is 24.4. The molecule has 1 saturated heterocycles. The number of esters is 1. The van der Waals surface area contributed by atoms with E-state index in [0.29, 0.717) is 18.9 Å². The summed E-state index contributed by atoms with van der Waals surface area (Å²) in [7, 11) is 3.51. The molecule has 0 amide bonds. The van der Waals surface area contributed by atoms with Crippen LogP contribution in [-0.4, -0.2) is 85.0 Å². The van der Waals surface area contributed by atoms with E-state index < -0.39 is 11.7 Å². The number of piperidine rings is 1. The third kappa shape index (κ3) is 2.28. The summed E-state index contributed by atoms with van der Waals surface area (Å²) in [5.41, 5.74) is -1.20. The minimum Gasteiger partial charge on any atom is -0.462 e. The lowest BCUT2D eigenvalue weighted by Gasteiger charge is -2.69. The molecule has 6 aliphatic rings. The molecule has 2 N–H and O–H groups in total. The van der Waals surface area contributed by atoms with Crippen molar-refractivity contribution in [2.45, 2.75) is 75.9 Å². The van der Waals surface area contributed by atoms with Gasteiger partial charge < -0.3 is 24.4 Å². The second-order valence-electron chi connectivity index (χ2n) is 11.8. The van der Waals surface area contributed by atoms with Crippen LogP contribution in [0.1, 0.15) is 46.0 Å². The summed E-state index contributed by atoms with van der Waals surface area (Å²) in [5.74, 6) is 0.164. The van der Waals surface area contributed by atoms with Crippen molar-refractivity contribution in [3.05, 3.63) is 0 Å². The summed E-state index contributed by atoms with van der Waals surface area (Å²) < 4.78 is 17.7. The highest BCUT2D eigenvalue weighted by atomic mass is 16.5. The van der Waals surface area contributed by atoms with E-state index in [0.717, 1.165) is 38.8 Å². The fourth-order valence-electron chi connectivity index (χ4n) is 10.7. The van der Waals surface area contributed by atoms with Gasteiger partial charge in [-0.25, -0.2) is 0 Å². The topological polar surface area (TPSA) is 88.5 Å². The van der Waals surface area contributed by atoms with E-state index in [4.69, 9.17) is 14.2 Å². The predicted molar refractivity (Wildman–Crippen MR) is 116 cm³/mol. The van der Waals surface area contributed by atoms with Crippen LogP contribution in [-0.2, 0) is 19.0 Å². The number of aliphatic hydroxyl groups excluding tert-OH is 1. The van der Waals surface area contributed by atoms with Gasteiger partial charge in [-0.15, -0.1) is 0 Å². The van der Waals surface area contributed by atoms with Crippen molar-refractivity contribution >= 4 is 5.97 Å². The molecule has 0 aromatic rings. The van der Waals surface area contributed by atoms with Gasteiger partial charge in [-0.1, -0.05) is 6.92 Å². The van der Waals surface area contributed by atoms with Crippen molar-refractivity contribution in [3.8, 4) is 0 Å². The number of aliphatic hydroxyl groups is 2. The van der Waals surface area contributed by atoms with E-state index in [9.17, 15) is 15.0 Å². The molecule has 0 radical (unpaired) electrons. The van der Waals surface area contributed by atoms with Crippen LogP contribution in [0.2, 0.25) is 0 Å². The summed E-state index contributed by atoms with van der Waals surface area (Å²) in [6.45, 7) is 6.27. The minimum atomic E-state index is -0.942. The number of methoxy groups -OCH3 is 2. The normalized spacial score (nSPS) is 57.5. The first kappa shape index (κ1) is 21.8. The Labute approximate surface area is 190 Å². The molecule has 32 heavy (non-hydrogen) atoms. The molecule has 1 heterocycles. The van der Waals surface area contributed by atoms with Crippen LogP contribution in [0.4, 0.5) is 0 Å². The number of nitrogens with zero attached hydrogens (tertiary/aromatic N) is 1. The molecule has 1 aliphatic heterocycles. The van der Waals surface area contributed by atoms with Crippen LogP contribution in [0, 0.1) is 40.4 Å². The lowest BCUT2D eigenvalue weighted by molar-refractivity contribution is -0.274. The highest BCUT2D eigenvalue weighted by Gasteiger charge is 2.83. The second-order valence-corrected chi connectivity index (χ2v) is 11.8. The van der Waals surface area contributed by atoms with Crippen LogP contribution in [0.15, 0.2) is 0 Å². The van der Waals surface area contributed by atoms with Crippen LogP contribution in [0.3, 0.4) is 0 Å². The maximum absolute atomic E-state index is 12.5. The van der Waals surface area contributed by atoms with Gasteiger partial charge in [0.2, 0.25) is 0 Å². The molecule has 6 fully saturated rings. The molecular weight excluding hydrogens is 410 g/mol. The molecule has 3 unspecified atom stereocenters. The molecule has 12 atom stereocenters. The van der Waals surface area contributed by atoms with Crippen LogP contribution < -0.4 is 0 Å². The molecule has 0 aromatic carbocycles. The van der Waals surface area contributed by atoms with Gasteiger partial charge in [0.1, 0.15) is 6.10 Å². The van der Waals surface area contributed by atoms with E-state index in [1.165, 1.54) is 6.92 Å². The zero-order chi connectivity index (χ0) is 22.6. The Hall–Kier alpha value is -0.730. The quantitative estimate of drug-likeness (QED) is 0.614. The van der Waals surface area contributed by atoms with Gasteiger partial charge >= 0.3 is 5.97 Å². The molecule has 7 heteroatoms. The van der Waals surface area contributed by atoms with Crippen molar-refractivity contribution in [2.24, 2.45) is 40.4 Å². The Morgan fingerprint density at radius 1 is 1.22 bits per heavy atom.